The van der Waals surface area contributed by atoms with Crippen LogP contribution in [0.5, 0.6) is 0 Å². The maximum atomic E-state index is 11.7. The van der Waals surface area contributed by atoms with E-state index >= 15 is 0 Å². The van der Waals surface area contributed by atoms with Crippen LogP contribution in [0.3, 0.4) is 0 Å². The molecule has 1 amide bonds. The second kappa shape index (κ2) is 5.71. The van der Waals surface area contributed by atoms with Gasteiger partial charge in [-0.25, -0.2) is 10.5 Å². The van der Waals surface area contributed by atoms with Gasteiger partial charge in [0.15, 0.2) is 0 Å². The van der Waals surface area contributed by atoms with Crippen molar-refractivity contribution in [2.75, 3.05) is 30.0 Å². The second-order valence-electron chi connectivity index (χ2n) is 4.48. The molecule has 2 aromatic heterocycles. The quantitative estimate of drug-likeness (QED) is 0.468. The van der Waals surface area contributed by atoms with Gasteiger partial charge in [-0.05, 0) is 12.5 Å². The van der Waals surface area contributed by atoms with E-state index in [0.717, 1.165) is 6.42 Å². The number of hydrogen-bond donors (Lipinski definition) is 3. The first-order chi connectivity index (χ1) is 10.3. The molecule has 0 saturated carbocycles. The lowest BCUT2D eigenvalue weighted by Crippen LogP contribution is -2.34. The molecule has 2 aromatic rings. The van der Waals surface area contributed by atoms with Gasteiger partial charge in [-0.1, -0.05) is 0 Å². The standard InChI is InChI=1S/C11H15N9O/c12-18-9-15-10(19-5-1-3-13-8(21)7-19)17-11(16-9)20-6-2-4-14-20/h2,4,6H,1,3,5,7,12H2,(H,13,21)(H,15,16,17,18). The van der Waals surface area contributed by atoms with Crippen LogP contribution in [0.25, 0.3) is 5.95 Å². The first-order valence-electron chi connectivity index (χ1n) is 6.50. The van der Waals surface area contributed by atoms with Crippen molar-refractivity contribution in [3.63, 3.8) is 0 Å². The van der Waals surface area contributed by atoms with E-state index in [1.54, 1.807) is 23.4 Å². The zero-order valence-corrected chi connectivity index (χ0v) is 11.2. The molecule has 1 aliphatic rings. The van der Waals surface area contributed by atoms with Crippen molar-refractivity contribution in [1.29, 1.82) is 0 Å². The highest BCUT2D eigenvalue weighted by Crippen LogP contribution is 2.13. The Balaban J connectivity index is 1.97. The molecule has 21 heavy (non-hydrogen) atoms. The van der Waals surface area contributed by atoms with Crippen LogP contribution in [0.2, 0.25) is 0 Å². The molecule has 3 heterocycles. The third-order valence-electron chi connectivity index (χ3n) is 2.99. The summed E-state index contributed by atoms with van der Waals surface area (Å²) in [6.45, 7) is 1.52. The normalized spacial score (nSPS) is 15.5. The highest BCUT2D eigenvalue weighted by molar-refractivity contribution is 5.81. The van der Waals surface area contributed by atoms with Gasteiger partial charge in [0.05, 0.1) is 6.54 Å². The maximum Gasteiger partial charge on any atom is 0.257 e. The van der Waals surface area contributed by atoms with E-state index in [4.69, 9.17) is 5.84 Å². The van der Waals surface area contributed by atoms with Crippen molar-refractivity contribution in [2.45, 2.75) is 6.42 Å². The van der Waals surface area contributed by atoms with Gasteiger partial charge >= 0.3 is 0 Å². The van der Waals surface area contributed by atoms with Gasteiger partial charge in [-0.2, -0.15) is 20.1 Å². The average Bonchev–Trinajstić information content (AvgIpc) is 2.96. The van der Waals surface area contributed by atoms with Crippen molar-refractivity contribution >= 4 is 17.8 Å². The van der Waals surface area contributed by atoms with Gasteiger partial charge in [0, 0.05) is 25.5 Å². The van der Waals surface area contributed by atoms with Crippen molar-refractivity contribution in [2.24, 2.45) is 5.84 Å². The van der Waals surface area contributed by atoms with Crippen LogP contribution in [0.1, 0.15) is 6.42 Å². The Labute approximate surface area is 120 Å². The molecular formula is C11H15N9O. The van der Waals surface area contributed by atoms with E-state index in [1.165, 1.54) is 4.68 Å². The fourth-order valence-corrected chi connectivity index (χ4v) is 2.03. The fraction of sp³-hybridized carbons (Fsp3) is 0.364. The Hall–Kier alpha value is -2.75. The number of anilines is 2. The lowest BCUT2D eigenvalue weighted by molar-refractivity contribution is -0.119. The molecule has 0 radical (unpaired) electrons. The van der Waals surface area contributed by atoms with Crippen LogP contribution >= 0.6 is 0 Å². The van der Waals surface area contributed by atoms with Gasteiger partial charge in [-0.15, -0.1) is 0 Å². The number of nitrogens with one attached hydrogen (secondary N) is 2. The molecule has 0 aliphatic carbocycles. The number of nitrogen functional groups attached to an aromatic ring is 1. The molecule has 10 heteroatoms. The first kappa shape index (κ1) is 13.2. The summed E-state index contributed by atoms with van der Waals surface area (Å²) in [5.41, 5.74) is 2.41. The molecule has 0 bridgehead atoms. The number of rotatable bonds is 3. The van der Waals surface area contributed by atoms with Crippen molar-refractivity contribution in [3.8, 4) is 5.95 Å². The zero-order chi connectivity index (χ0) is 14.7. The minimum atomic E-state index is -0.0594. The van der Waals surface area contributed by atoms with E-state index in [-0.39, 0.29) is 18.4 Å². The third kappa shape index (κ3) is 2.89. The minimum absolute atomic E-state index is 0.0594. The second-order valence-corrected chi connectivity index (χ2v) is 4.48. The minimum Gasteiger partial charge on any atom is -0.354 e. The highest BCUT2D eigenvalue weighted by atomic mass is 16.2. The highest BCUT2D eigenvalue weighted by Gasteiger charge is 2.19. The smallest absolute Gasteiger partial charge is 0.257 e. The molecule has 110 valence electrons. The molecule has 1 aliphatic heterocycles. The van der Waals surface area contributed by atoms with Crippen LogP contribution in [-0.4, -0.2) is 50.3 Å². The van der Waals surface area contributed by atoms with Gasteiger partial charge in [-0.3, -0.25) is 10.2 Å². The molecule has 4 N–H and O–H groups in total. The van der Waals surface area contributed by atoms with Gasteiger partial charge in [0.2, 0.25) is 17.8 Å². The number of hydrazine groups is 1. The lowest BCUT2D eigenvalue weighted by Gasteiger charge is -2.19. The van der Waals surface area contributed by atoms with Crippen molar-refractivity contribution in [1.82, 2.24) is 30.0 Å². The monoisotopic (exact) mass is 289 g/mol. The molecule has 3 rings (SSSR count). The molecule has 0 unspecified atom stereocenters. The lowest BCUT2D eigenvalue weighted by atomic mass is 10.4. The number of hydrogen-bond acceptors (Lipinski definition) is 8. The predicted molar refractivity (Wildman–Crippen MR) is 74.6 cm³/mol. The summed E-state index contributed by atoms with van der Waals surface area (Å²) in [7, 11) is 0. The molecule has 1 fully saturated rings. The Morgan fingerprint density at radius 3 is 2.90 bits per heavy atom. The number of amides is 1. The van der Waals surface area contributed by atoms with Gasteiger partial charge in [0.25, 0.3) is 5.95 Å². The molecule has 0 spiro atoms. The average molecular weight is 289 g/mol. The summed E-state index contributed by atoms with van der Waals surface area (Å²) in [6, 6.07) is 1.76. The molecule has 0 aromatic carbocycles. The van der Waals surface area contributed by atoms with E-state index < -0.39 is 0 Å². The van der Waals surface area contributed by atoms with E-state index in [2.05, 4.69) is 30.8 Å². The largest absolute Gasteiger partial charge is 0.354 e. The summed E-state index contributed by atoms with van der Waals surface area (Å²) in [6.07, 6.45) is 4.16. The van der Waals surface area contributed by atoms with Crippen LogP contribution in [-0.2, 0) is 4.79 Å². The predicted octanol–water partition coefficient (Wildman–Crippen LogP) is -1.33. The fourth-order valence-electron chi connectivity index (χ4n) is 2.03. The van der Waals surface area contributed by atoms with Gasteiger partial charge in [0.1, 0.15) is 0 Å². The Morgan fingerprint density at radius 1 is 1.29 bits per heavy atom. The van der Waals surface area contributed by atoms with E-state index in [0.29, 0.717) is 25.0 Å². The summed E-state index contributed by atoms with van der Waals surface area (Å²) >= 11 is 0. The third-order valence-corrected chi connectivity index (χ3v) is 2.99. The van der Waals surface area contributed by atoms with Crippen LogP contribution in [0.4, 0.5) is 11.9 Å². The van der Waals surface area contributed by atoms with Crippen LogP contribution in [0, 0.1) is 0 Å². The summed E-state index contributed by atoms with van der Waals surface area (Å²) in [4.78, 5) is 26.1. The summed E-state index contributed by atoms with van der Waals surface area (Å²) in [5, 5.41) is 6.88. The SMILES string of the molecule is NNc1nc(N2CCCNC(=O)C2)nc(-n2cccn2)n1. The zero-order valence-electron chi connectivity index (χ0n) is 11.2. The summed E-state index contributed by atoms with van der Waals surface area (Å²) < 4.78 is 1.50. The summed E-state index contributed by atoms with van der Waals surface area (Å²) in [5.74, 6) is 6.28. The Morgan fingerprint density at radius 2 is 2.14 bits per heavy atom. The number of carbonyl (C=O) groups excluding carboxylic acids is 1. The molecule has 10 nitrogen and oxygen atoms in total. The number of carbonyl (C=O) groups is 1. The number of aromatic nitrogens is 5. The van der Waals surface area contributed by atoms with Crippen molar-refractivity contribution in [3.05, 3.63) is 18.5 Å². The molecule has 0 atom stereocenters. The van der Waals surface area contributed by atoms with Crippen LogP contribution in [0.15, 0.2) is 18.5 Å². The van der Waals surface area contributed by atoms with E-state index in [1.807, 2.05) is 0 Å². The molecule has 1 saturated heterocycles. The Bertz CT molecular complexity index is 627. The molecular weight excluding hydrogens is 274 g/mol. The Kier molecular flexibility index (Phi) is 3.60. The van der Waals surface area contributed by atoms with Crippen LogP contribution < -0.4 is 21.5 Å². The van der Waals surface area contributed by atoms with Crippen molar-refractivity contribution < 1.29 is 4.79 Å². The topological polar surface area (TPSA) is 127 Å². The first-order valence-corrected chi connectivity index (χ1v) is 6.50. The maximum absolute atomic E-state index is 11.7. The van der Waals surface area contributed by atoms with E-state index in [9.17, 15) is 4.79 Å². The number of nitrogens with zero attached hydrogens (tertiary/aromatic N) is 6. The number of nitrogens with two attached hydrogens (primary N) is 1. The van der Waals surface area contributed by atoms with Gasteiger partial charge < -0.3 is 10.2 Å².